The summed E-state index contributed by atoms with van der Waals surface area (Å²) in [7, 11) is -2.92. The number of sulfone groups is 1. The number of hydrazine groups is 1. The summed E-state index contributed by atoms with van der Waals surface area (Å²) in [6, 6.07) is 3.33. The number of nitrogens with zero attached hydrogens (tertiary/aromatic N) is 2. The van der Waals surface area contributed by atoms with E-state index in [4.69, 9.17) is 0 Å². The van der Waals surface area contributed by atoms with Gasteiger partial charge in [-0.3, -0.25) is 15.2 Å². The maximum Gasteiger partial charge on any atom is 0.267 e. The number of rotatable bonds is 2. The zero-order valence-electron chi connectivity index (χ0n) is 9.17. The first-order valence-corrected chi connectivity index (χ1v) is 7.05. The molecule has 1 saturated heterocycles. The van der Waals surface area contributed by atoms with Gasteiger partial charge in [-0.15, -0.1) is 0 Å². The Hall–Kier alpha value is -1.47. The number of carbonyl (C=O) groups excluding carboxylic acids is 1. The van der Waals surface area contributed by atoms with Crippen molar-refractivity contribution in [3.63, 3.8) is 0 Å². The molecule has 0 atom stereocenters. The molecule has 0 saturated carbocycles. The summed E-state index contributed by atoms with van der Waals surface area (Å²) in [5.41, 5.74) is 3.12. The molecule has 0 spiro atoms. The van der Waals surface area contributed by atoms with Gasteiger partial charge in [0.2, 0.25) is 0 Å². The molecule has 1 aromatic rings. The van der Waals surface area contributed by atoms with Crippen LogP contribution >= 0.6 is 0 Å². The van der Waals surface area contributed by atoms with Crippen LogP contribution in [0, 0.1) is 0 Å². The third-order valence-corrected chi connectivity index (χ3v) is 4.14. The topological polar surface area (TPSA) is 79.4 Å². The first kappa shape index (κ1) is 12.0. The van der Waals surface area contributed by atoms with Gasteiger partial charge in [0, 0.05) is 25.5 Å². The minimum absolute atomic E-state index is 0.0837. The van der Waals surface area contributed by atoms with Crippen LogP contribution < -0.4 is 5.43 Å². The fourth-order valence-corrected chi connectivity index (χ4v) is 2.73. The Balaban J connectivity index is 1.93. The predicted molar refractivity (Wildman–Crippen MR) is 61.9 cm³/mol. The Kier molecular flexibility index (Phi) is 3.39. The zero-order chi connectivity index (χ0) is 12.3. The van der Waals surface area contributed by atoms with Crippen molar-refractivity contribution in [2.45, 2.75) is 0 Å². The van der Waals surface area contributed by atoms with Gasteiger partial charge in [0.1, 0.15) is 0 Å². The van der Waals surface area contributed by atoms with Crippen molar-refractivity contribution >= 4 is 15.7 Å². The standard InChI is InChI=1S/C10H13N3O3S/c14-10(9-2-1-3-11-8-9)12-13-4-6-17(15,16)7-5-13/h1-3,8H,4-7H2,(H,12,14). The molecular formula is C10H13N3O3S. The molecule has 92 valence electrons. The molecule has 6 nitrogen and oxygen atoms in total. The van der Waals surface area contributed by atoms with Gasteiger partial charge >= 0.3 is 0 Å². The first-order valence-electron chi connectivity index (χ1n) is 5.23. The molecule has 0 bridgehead atoms. The number of hydrogen-bond donors (Lipinski definition) is 1. The van der Waals surface area contributed by atoms with Crippen LogP contribution in [-0.2, 0) is 9.84 Å². The average Bonchev–Trinajstić information content (AvgIpc) is 2.33. The highest BCUT2D eigenvalue weighted by Crippen LogP contribution is 2.02. The van der Waals surface area contributed by atoms with E-state index in [0.29, 0.717) is 18.7 Å². The highest BCUT2D eigenvalue weighted by atomic mass is 32.2. The molecule has 1 N–H and O–H groups in total. The van der Waals surface area contributed by atoms with E-state index in [9.17, 15) is 13.2 Å². The van der Waals surface area contributed by atoms with Crippen molar-refractivity contribution in [3.05, 3.63) is 30.1 Å². The van der Waals surface area contributed by atoms with E-state index in [0.717, 1.165) is 0 Å². The normalized spacial score (nSPS) is 19.8. The van der Waals surface area contributed by atoms with Crippen LogP contribution in [0.5, 0.6) is 0 Å². The molecule has 1 amide bonds. The molecule has 7 heteroatoms. The zero-order valence-corrected chi connectivity index (χ0v) is 9.98. The number of amides is 1. The second-order valence-corrected chi connectivity index (χ2v) is 6.13. The summed E-state index contributed by atoms with van der Waals surface area (Å²) in [5.74, 6) is -0.0990. The van der Waals surface area contributed by atoms with Gasteiger partial charge in [0.05, 0.1) is 17.1 Å². The Morgan fingerprint density at radius 1 is 1.35 bits per heavy atom. The Labute approximate surface area is 99.5 Å². The molecular weight excluding hydrogens is 242 g/mol. The van der Waals surface area contributed by atoms with Crippen LogP contribution in [0.3, 0.4) is 0 Å². The van der Waals surface area contributed by atoms with Crippen molar-refractivity contribution in [2.75, 3.05) is 24.6 Å². The van der Waals surface area contributed by atoms with E-state index in [1.54, 1.807) is 23.3 Å². The minimum Gasteiger partial charge on any atom is -0.285 e. The third kappa shape index (κ3) is 3.24. The predicted octanol–water partition coefficient (Wildman–Crippen LogP) is -0.543. The smallest absolute Gasteiger partial charge is 0.267 e. The summed E-state index contributed by atoms with van der Waals surface area (Å²) in [6.45, 7) is 0.655. The number of pyridine rings is 1. The van der Waals surface area contributed by atoms with Crippen LogP contribution in [0.15, 0.2) is 24.5 Å². The molecule has 1 aromatic heterocycles. The van der Waals surface area contributed by atoms with Crippen LogP contribution in [0.25, 0.3) is 0 Å². The van der Waals surface area contributed by atoms with Gasteiger partial charge in [0.25, 0.3) is 5.91 Å². The first-order chi connectivity index (χ1) is 8.07. The van der Waals surface area contributed by atoms with Gasteiger partial charge in [-0.1, -0.05) is 0 Å². The Morgan fingerprint density at radius 3 is 2.65 bits per heavy atom. The van der Waals surface area contributed by atoms with Crippen LogP contribution in [0.2, 0.25) is 0 Å². The summed E-state index contributed by atoms with van der Waals surface area (Å²) >= 11 is 0. The van der Waals surface area contributed by atoms with E-state index in [-0.39, 0.29) is 17.4 Å². The Bertz CT molecular complexity index is 487. The molecule has 0 unspecified atom stereocenters. The lowest BCUT2D eigenvalue weighted by atomic mass is 10.3. The van der Waals surface area contributed by atoms with Gasteiger partial charge in [-0.05, 0) is 12.1 Å². The number of aromatic nitrogens is 1. The average molecular weight is 255 g/mol. The van der Waals surface area contributed by atoms with E-state index in [1.807, 2.05) is 0 Å². The Morgan fingerprint density at radius 2 is 2.06 bits per heavy atom. The second kappa shape index (κ2) is 4.80. The molecule has 0 aliphatic carbocycles. The number of hydrogen-bond acceptors (Lipinski definition) is 5. The number of nitrogens with one attached hydrogen (secondary N) is 1. The van der Waals surface area contributed by atoms with Gasteiger partial charge in [-0.25, -0.2) is 13.4 Å². The number of carbonyl (C=O) groups is 1. The van der Waals surface area contributed by atoms with E-state index in [2.05, 4.69) is 10.4 Å². The highest BCUT2D eigenvalue weighted by molar-refractivity contribution is 7.91. The minimum atomic E-state index is -2.92. The van der Waals surface area contributed by atoms with E-state index in [1.165, 1.54) is 6.20 Å². The molecule has 1 aliphatic heterocycles. The SMILES string of the molecule is O=C(NN1CCS(=O)(=O)CC1)c1cccnc1. The summed E-state index contributed by atoms with van der Waals surface area (Å²) in [4.78, 5) is 15.6. The van der Waals surface area contributed by atoms with Crippen molar-refractivity contribution in [1.82, 2.24) is 15.4 Å². The van der Waals surface area contributed by atoms with Gasteiger partial charge in [0.15, 0.2) is 9.84 Å². The quantitative estimate of drug-likeness (QED) is 0.767. The van der Waals surface area contributed by atoms with Crippen molar-refractivity contribution in [3.8, 4) is 0 Å². The highest BCUT2D eigenvalue weighted by Gasteiger charge is 2.22. The van der Waals surface area contributed by atoms with Crippen molar-refractivity contribution < 1.29 is 13.2 Å². The summed E-state index contributed by atoms with van der Waals surface area (Å²) < 4.78 is 22.4. The molecule has 0 radical (unpaired) electrons. The third-order valence-electron chi connectivity index (χ3n) is 2.53. The van der Waals surface area contributed by atoms with Crippen LogP contribution in [-0.4, -0.2) is 48.9 Å². The molecule has 1 aliphatic rings. The largest absolute Gasteiger partial charge is 0.285 e. The maximum absolute atomic E-state index is 11.7. The fourth-order valence-electron chi connectivity index (χ4n) is 1.53. The van der Waals surface area contributed by atoms with Crippen molar-refractivity contribution in [1.29, 1.82) is 0 Å². The van der Waals surface area contributed by atoms with Gasteiger partial charge < -0.3 is 0 Å². The lowest BCUT2D eigenvalue weighted by Crippen LogP contribution is -2.50. The summed E-state index contributed by atoms with van der Waals surface area (Å²) in [5, 5.41) is 1.62. The van der Waals surface area contributed by atoms with Gasteiger partial charge in [-0.2, -0.15) is 0 Å². The van der Waals surface area contributed by atoms with Crippen LogP contribution in [0.1, 0.15) is 10.4 Å². The van der Waals surface area contributed by atoms with E-state index >= 15 is 0 Å². The maximum atomic E-state index is 11.7. The lowest BCUT2D eigenvalue weighted by Gasteiger charge is -2.26. The molecule has 2 heterocycles. The molecule has 1 fully saturated rings. The molecule has 0 aromatic carbocycles. The monoisotopic (exact) mass is 255 g/mol. The van der Waals surface area contributed by atoms with Crippen molar-refractivity contribution in [2.24, 2.45) is 0 Å². The molecule has 17 heavy (non-hydrogen) atoms. The molecule has 2 rings (SSSR count). The van der Waals surface area contributed by atoms with E-state index < -0.39 is 9.84 Å². The lowest BCUT2D eigenvalue weighted by molar-refractivity contribution is 0.0802. The second-order valence-electron chi connectivity index (χ2n) is 3.82. The fraction of sp³-hybridized carbons (Fsp3) is 0.400. The summed E-state index contributed by atoms with van der Waals surface area (Å²) in [6.07, 6.45) is 3.06. The van der Waals surface area contributed by atoms with Crippen LogP contribution in [0.4, 0.5) is 0 Å².